The van der Waals surface area contributed by atoms with Crippen LogP contribution in [0.1, 0.15) is 22.3 Å². The number of aliphatic hydroxyl groups excluding tert-OH is 3. The number of guanidine groups is 1. The normalized spacial score (nSPS) is 34.4. The second-order valence-electron chi connectivity index (χ2n) is 7.24. The van der Waals surface area contributed by atoms with Crippen molar-refractivity contribution in [2.75, 3.05) is 7.05 Å². The number of rotatable bonds is 4. The SMILES string of the molecule is CN1C=NC2C(=O)N3C(=NC21)NC1(c2cc(CO)c(CO)c(CO)c2)OOC31O. The Bertz CT molecular complexity index is 942. The number of amides is 1. The van der Waals surface area contributed by atoms with Gasteiger partial charge in [-0.2, -0.15) is 9.78 Å². The van der Waals surface area contributed by atoms with Crippen LogP contribution < -0.4 is 5.32 Å². The van der Waals surface area contributed by atoms with E-state index in [0.29, 0.717) is 16.7 Å². The van der Waals surface area contributed by atoms with Crippen LogP contribution in [-0.2, 0) is 40.1 Å². The summed E-state index contributed by atoms with van der Waals surface area (Å²) >= 11 is 0. The molecule has 0 spiro atoms. The van der Waals surface area contributed by atoms with Crippen molar-refractivity contribution in [2.45, 2.75) is 43.7 Å². The van der Waals surface area contributed by atoms with Gasteiger partial charge in [0, 0.05) is 12.6 Å². The monoisotopic (exact) mass is 405 g/mol. The molecule has 29 heavy (non-hydrogen) atoms. The summed E-state index contributed by atoms with van der Waals surface area (Å²) in [6.07, 6.45) is 0.945. The minimum atomic E-state index is -2.25. The van der Waals surface area contributed by atoms with Gasteiger partial charge in [0.15, 0.2) is 12.2 Å². The smallest absolute Gasteiger partial charge is 0.344 e. The molecule has 4 heterocycles. The standard InChI is InChI=1S/C17H19N5O7/c1-21-7-18-12-13(21)19-15-20-16(17(27,29-28-16)22(15)14(12)26)10-2-8(4-23)11(6-25)9(3-10)5-24/h2-3,7,12-13,23-25,27H,4-6H2,1H3,(H,19,20). The van der Waals surface area contributed by atoms with Crippen molar-refractivity contribution >= 4 is 18.2 Å². The minimum Gasteiger partial charge on any atom is -0.392 e. The highest BCUT2D eigenvalue weighted by Crippen LogP contribution is 2.52. The second kappa shape index (κ2) is 5.95. The lowest BCUT2D eigenvalue weighted by Gasteiger charge is -2.49. The Morgan fingerprint density at radius 3 is 2.41 bits per heavy atom. The first-order chi connectivity index (χ1) is 13.9. The van der Waals surface area contributed by atoms with Crippen LogP contribution in [0.15, 0.2) is 22.1 Å². The third-order valence-electron chi connectivity index (χ3n) is 5.72. The number of carbonyl (C=O) groups excluding carboxylic acids is 1. The Balaban J connectivity index is 1.63. The van der Waals surface area contributed by atoms with Crippen LogP contribution >= 0.6 is 0 Å². The lowest BCUT2D eigenvalue weighted by molar-refractivity contribution is -0.630. The van der Waals surface area contributed by atoms with Crippen LogP contribution in [-0.4, -0.2) is 73.6 Å². The summed E-state index contributed by atoms with van der Waals surface area (Å²) in [5, 5.41) is 43.1. The fourth-order valence-electron chi connectivity index (χ4n) is 4.15. The average molecular weight is 405 g/mol. The van der Waals surface area contributed by atoms with Crippen molar-refractivity contribution in [3.63, 3.8) is 0 Å². The molecule has 12 nitrogen and oxygen atoms in total. The number of carbonyl (C=O) groups is 1. The molecule has 1 aromatic carbocycles. The Hall–Kier alpha value is -2.61. The van der Waals surface area contributed by atoms with Crippen molar-refractivity contribution in [1.82, 2.24) is 15.1 Å². The number of fused-ring (bicyclic) bond motifs is 4. The third-order valence-corrected chi connectivity index (χ3v) is 5.72. The number of benzene rings is 1. The van der Waals surface area contributed by atoms with Gasteiger partial charge in [-0.15, -0.1) is 0 Å². The fraction of sp³-hybridized carbons (Fsp3) is 0.471. The van der Waals surface area contributed by atoms with E-state index in [2.05, 4.69) is 15.3 Å². The number of hydrogen-bond acceptors (Lipinski definition) is 11. The van der Waals surface area contributed by atoms with Gasteiger partial charge in [-0.1, -0.05) is 0 Å². The highest BCUT2D eigenvalue weighted by Gasteiger charge is 2.78. The highest BCUT2D eigenvalue weighted by atomic mass is 17.3. The van der Waals surface area contributed by atoms with Gasteiger partial charge in [0.25, 0.3) is 11.6 Å². The molecule has 0 saturated carbocycles. The van der Waals surface area contributed by atoms with E-state index in [4.69, 9.17) is 9.78 Å². The van der Waals surface area contributed by atoms with Gasteiger partial charge in [-0.3, -0.25) is 9.79 Å². The summed E-state index contributed by atoms with van der Waals surface area (Å²) in [6.45, 7) is -1.22. The maximum absolute atomic E-state index is 13.0. The quantitative estimate of drug-likeness (QED) is 0.338. The van der Waals surface area contributed by atoms with E-state index in [9.17, 15) is 25.2 Å². The molecule has 1 aromatic rings. The predicted octanol–water partition coefficient (Wildman–Crippen LogP) is -2.61. The van der Waals surface area contributed by atoms with Crippen LogP contribution in [0.5, 0.6) is 0 Å². The van der Waals surface area contributed by atoms with Crippen LogP contribution in [0.4, 0.5) is 0 Å². The first kappa shape index (κ1) is 18.4. The molecule has 4 aliphatic rings. The highest BCUT2D eigenvalue weighted by molar-refractivity contribution is 6.05. The summed E-state index contributed by atoms with van der Waals surface area (Å²) in [7, 11) is 1.73. The van der Waals surface area contributed by atoms with E-state index in [1.165, 1.54) is 18.5 Å². The largest absolute Gasteiger partial charge is 0.392 e. The summed E-state index contributed by atoms with van der Waals surface area (Å²) < 4.78 is 0. The van der Waals surface area contributed by atoms with Gasteiger partial charge in [0.2, 0.25) is 5.96 Å². The first-order valence-corrected chi connectivity index (χ1v) is 8.92. The molecule has 12 heteroatoms. The van der Waals surface area contributed by atoms with Gasteiger partial charge < -0.3 is 30.6 Å². The van der Waals surface area contributed by atoms with Crippen LogP contribution in [0.2, 0.25) is 0 Å². The Kier molecular flexibility index (Phi) is 3.78. The Morgan fingerprint density at radius 2 is 1.86 bits per heavy atom. The van der Waals surface area contributed by atoms with Crippen LogP contribution in [0.3, 0.4) is 0 Å². The van der Waals surface area contributed by atoms with Gasteiger partial charge in [-0.05, 0) is 28.8 Å². The van der Waals surface area contributed by atoms with E-state index >= 15 is 0 Å². The summed E-state index contributed by atoms with van der Waals surface area (Å²) in [6, 6.07) is 2.17. The molecular weight excluding hydrogens is 386 g/mol. The van der Waals surface area contributed by atoms with Crippen LogP contribution in [0.25, 0.3) is 0 Å². The topological polar surface area (TPSA) is 160 Å². The zero-order valence-electron chi connectivity index (χ0n) is 15.3. The number of aliphatic imine (C=N–C) groups is 2. The molecule has 0 radical (unpaired) electrons. The van der Waals surface area contributed by atoms with Gasteiger partial charge in [0.05, 0.1) is 26.2 Å². The number of nitrogens with one attached hydrogen (secondary N) is 1. The Morgan fingerprint density at radius 1 is 1.17 bits per heavy atom. The zero-order valence-corrected chi connectivity index (χ0v) is 15.3. The molecule has 5 N–H and O–H groups in total. The summed E-state index contributed by atoms with van der Waals surface area (Å²) in [4.78, 5) is 34.5. The number of hydrogen-bond donors (Lipinski definition) is 5. The summed E-state index contributed by atoms with van der Waals surface area (Å²) in [5.74, 6) is -2.71. The molecule has 0 aliphatic carbocycles. The number of nitrogens with zero attached hydrogens (tertiary/aromatic N) is 4. The maximum atomic E-state index is 13.0. The first-order valence-electron chi connectivity index (χ1n) is 8.92. The molecule has 4 atom stereocenters. The lowest BCUT2D eigenvalue weighted by Crippen LogP contribution is -2.72. The zero-order chi connectivity index (χ0) is 20.6. The van der Waals surface area contributed by atoms with Crippen molar-refractivity contribution < 1.29 is 35.0 Å². The van der Waals surface area contributed by atoms with Crippen LogP contribution in [0, 0.1) is 0 Å². The van der Waals surface area contributed by atoms with Gasteiger partial charge >= 0.3 is 5.91 Å². The molecule has 0 bridgehead atoms. The third kappa shape index (κ3) is 2.10. The minimum absolute atomic E-state index is 0.0518. The van der Waals surface area contributed by atoms with Crippen molar-refractivity contribution in [3.8, 4) is 0 Å². The lowest BCUT2D eigenvalue weighted by atomic mass is 9.90. The van der Waals surface area contributed by atoms with Gasteiger partial charge in [0.1, 0.15) is 0 Å². The predicted molar refractivity (Wildman–Crippen MR) is 94.3 cm³/mol. The van der Waals surface area contributed by atoms with E-state index in [1.54, 1.807) is 11.9 Å². The molecule has 1 amide bonds. The van der Waals surface area contributed by atoms with E-state index in [0.717, 1.165) is 4.90 Å². The molecule has 2 saturated heterocycles. The molecule has 0 aromatic heterocycles. The second-order valence-corrected chi connectivity index (χ2v) is 7.24. The van der Waals surface area contributed by atoms with Crippen molar-refractivity contribution in [2.24, 2.45) is 9.98 Å². The molecule has 4 unspecified atom stereocenters. The molecular formula is C17H19N5O7. The maximum Gasteiger partial charge on any atom is 0.344 e. The molecule has 2 fully saturated rings. The average Bonchev–Trinajstić information content (AvgIpc) is 3.17. The van der Waals surface area contributed by atoms with E-state index < -0.39 is 43.0 Å². The number of aliphatic hydroxyl groups is 4. The Labute approximate surface area is 164 Å². The number of likely N-dealkylation sites (N-methyl/N-ethyl adjacent to an activating group) is 1. The van der Waals surface area contributed by atoms with Crippen molar-refractivity contribution in [1.29, 1.82) is 0 Å². The molecule has 4 aliphatic heterocycles. The van der Waals surface area contributed by atoms with E-state index in [-0.39, 0.29) is 18.1 Å². The molecule has 154 valence electrons. The summed E-state index contributed by atoms with van der Waals surface area (Å²) in [5.41, 5.74) is -0.411. The van der Waals surface area contributed by atoms with E-state index in [1.807, 2.05) is 0 Å². The van der Waals surface area contributed by atoms with Gasteiger partial charge in [-0.25, -0.2) is 9.89 Å². The fourth-order valence-corrected chi connectivity index (χ4v) is 4.15. The van der Waals surface area contributed by atoms with Crippen molar-refractivity contribution in [3.05, 3.63) is 34.4 Å². The molecule has 5 rings (SSSR count).